The van der Waals surface area contributed by atoms with Crippen LogP contribution in [0.15, 0.2) is 6.20 Å². The Hall–Kier alpha value is -1.01. The summed E-state index contributed by atoms with van der Waals surface area (Å²) in [7, 11) is 0. The largest absolute Gasteiger partial charge is 0.335 e. The molecular weight excluding hydrogens is 224 g/mol. The molecule has 0 spiro atoms. The van der Waals surface area contributed by atoms with E-state index in [0.717, 1.165) is 37.3 Å². The summed E-state index contributed by atoms with van der Waals surface area (Å²) >= 11 is 1.16. The number of likely N-dealkylation sites (tertiary alicyclic amines) is 1. The minimum atomic E-state index is 0.0631. The molecule has 2 N–H and O–H groups in total. The van der Waals surface area contributed by atoms with Crippen LogP contribution in [0.3, 0.4) is 0 Å². The van der Waals surface area contributed by atoms with Gasteiger partial charge in [-0.05, 0) is 43.8 Å². The van der Waals surface area contributed by atoms with Crippen LogP contribution in [0.5, 0.6) is 0 Å². The van der Waals surface area contributed by atoms with E-state index in [2.05, 4.69) is 9.59 Å². The first-order valence-electron chi connectivity index (χ1n) is 5.61. The number of piperidine rings is 1. The van der Waals surface area contributed by atoms with E-state index in [1.54, 1.807) is 6.20 Å². The van der Waals surface area contributed by atoms with Gasteiger partial charge in [-0.2, -0.15) is 0 Å². The van der Waals surface area contributed by atoms with Gasteiger partial charge in [0, 0.05) is 12.6 Å². The average Bonchev–Trinajstić information content (AvgIpc) is 2.83. The lowest BCUT2D eigenvalue weighted by Gasteiger charge is -2.35. The molecule has 2 rings (SSSR count). The maximum Gasteiger partial charge on any atom is 0.267 e. The lowest BCUT2D eigenvalue weighted by molar-refractivity contribution is 0.0610. The second kappa shape index (κ2) is 5.36. The third kappa shape index (κ3) is 2.38. The Labute approximate surface area is 98.8 Å². The van der Waals surface area contributed by atoms with Crippen LogP contribution in [-0.4, -0.2) is 39.5 Å². The van der Waals surface area contributed by atoms with Gasteiger partial charge < -0.3 is 10.6 Å². The van der Waals surface area contributed by atoms with Gasteiger partial charge in [0.2, 0.25) is 0 Å². The third-order valence-electron chi connectivity index (χ3n) is 2.96. The summed E-state index contributed by atoms with van der Waals surface area (Å²) in [5.41, 5.74) is 5.58. The van der Waals surface area contributed by atoms with Crippen LogP contribution >= 0.6 is 11.5 Å². The predicted octanol–water partition coefficient (Wildman–Crippen LogP) is 0.882. The van der Waals surface area contributed by atoms with E-state index in [1.807, 2.05) is 4.90 Å². The standard InChI is InChI=1S/C10H16N4OS/c11-5-4-8-3-1-2-6-14(8)10(15)9-7-12-13-16-9/h7-8H,1-6,11H2. The third-order valence-corrected chi connectivity index (χ3v) is 3.61. The highest BCUT2D eigenvalue weighted by molar-refractivity contribution is 7.07. The molecule has 1 atom stereocenters. The van der Waals surface area contributed by atoms with Crippen molar-refractivity contribution in [3.05, 3.63) is 11.1 Å². The molecule has 0 saturated carbocycles. The predicted molar refractivity (Wildman–Crippen MR) is 62.3 cm³/mol. The van der Waals surface area contributed by atoms with Gasteiger partial charge in [0.15, 0.2) is 0 Å². The van der Waals surface area contributed by atoms with E-state index in [1.165, 1.54) is 6.42 Å². The van der Waals surface area contributed by atoms with E-state index in [9.17, 15) is 4.79 Å². The number of carbonyl (C=O) groups is 1. The fourth-order valence-electron chi connectivity index (χ4n) is 2.16. The van der Waals surface area contributed by atoms with E-state index in [-0.39, 0.29) is 5.91 Å². The monoisotopic (exact) mass is 240 g/mol. The zero-order valence-electron chi connectivity index (χ0n) is 9.13. The SMILES string of the molecule is NCCC1CCCCN1C(=O)c1cnns1. The molecular formula is C10H16N4OS. The minimum absolute atomic E-state index is 0.0631. The molecule has 1 fully saturated rings. The number of hydrogen-bond donors (Lipinski definition) is 1. The fraction of sp³-hybridized carbons (Fsp3) is 0.700. The molecule has 1 aromatic rings. The number of hydrogen-bond acceptors (Lipinski definition) is 5. The zero-order valence-corrected chi connectivity index (χ0v) is 9.95. The van der Waals surface area contributed by atoms with Crippen LogP contribution in [0.1, 0.15) is 35.4 Å². The first-order valence-corrected chi connectivity index (χ1v) is 6.38. The van der Waals surface area contributed by atoms with Gasteiger partial charge >= 0.3 is 0 Å². The average molecular weight is 240 g/mol. The van der Waals surface area contributed by atoms with Crippen molar-refractivity contribution in [1.82, 2.24) is 14.5 Å². The number of carbonyl (C=O) groups excluding carboxylic acids is 1. The van der Waals surface area contributed by atoms with Crippen molar-refractivity contribution >= 4 is 17.4 Å². The van der Waals surface area contributed by atoms with Crippen molar-refractivity contribution in [3.63, 3.8) is 0 Å². The second-order valence-corrected chi connectivity index (χ2v) is 4.79. The molecule has 1 saturated heterocycles. The Bertz CT molecular complexity index is 339. The topological polar surface area (TPSA) is 72.1 Å². The minimum Gasteiger partial charge on any atom is -0.335 e. The summed E-state index contributed by atoms with van der Waals surface area (Å²) in [5.74, 6) is 0.0631. The zero-order chi connectivity index (χ0) is 11.4. The Morgan fingerprint density at radius 1 is 1.62 bits per heavy atom. The Kier molecular flexibility index (Phi) is 3.84. The van der Waals surface area contributed by atoms with Gasteiger partial charge in [-0.1, -0.05) is 4.49 Å². The fourth-order valence-corrected chi connectivity index (χ4v) is 2.64. The van der Waals surface area contributed by atoms with Gasteiger partial charge in [-0.3, -0.25) is 4.79 Å². The molecule has 1 unspecified atom stereocenters. The smallest absolute Gasteiger partial charge is 0.267 e. The van der Waals surface area contributed by atoms with E-state index in [0.29, 0.717) is 17.5 Å². The lowest BCUT2D eigenvalue weighted by atomic mass is 9.99. The molecule has 0 aromatic carbocycles. The van der Waals surface area contributed by atoms with Gasteiger partial charge in [-0.25, -0.2) is 0 Å². The number of nitrogens with two attached hydrogens (primary N) is 1. The van der Waals surface area contributed by atoms with E-state index < -0.39 is 0 Å². The van der Waals surface area contributed by atoms with Crippen molar-refractivity contribution in [1.29, 1.82) is 0 Å². The maximum absolute atomic E-state index is 12.2. The Balaban J connectivity index is 2.08. The van der Waals surface area contributed by atoms with Crippen LogP contribution in [0.25, 0.3) is 0 Å². The summed E-state index contributed by atoms with van der Waals surface area (Å²) < 4.78 is 3.73. The number of nitrogens with zero attached hydrogens (tertiary/aromatic N) is 3. The summed E-state index contributed by atoms with van der Waals surface area (Å²) in [4.78, 5) is 14.7. The molecule has 88 valence electrons. The normalized spacial score (nSPS) is 21.1. The molecule has 6 heteroatoms. The van der Waals surface area contributed by atoms with E-state index in [4.69, 9.17) is 5.73 Å². The summed E-state index contributed by atoms with van der Waals surface area (Å²) in [6.45, 7) is 1.47. The van der Waals surface area contributed by atoms with Crippen LogP contribution < -0.4 is 5.73 Å². The van der Waals surface area contributed by atoms with Crippen molar-refractivity contribution < 1.29 is 4.79 Å². The summed E-state index contributed by atoms with van der Waals surface area (Å²) in [6, 6.07) is 0.299. The molecule has 1 aromatic heterocycles. The maximum atomic E-state index is 12.2. The van der Waals surface area contributed by atoms with Crippen molar-refractivity contribution in [3.8, 4) is 0 Å². The van der Waals surface area contributed by atoms with Gasteiger partial charge in [0.25, 0.3) is 5.91 Å². The number of aromatic nitrogens is 2. The molecule has 5 nitrogen and oxygen atoms in total. The first-order chi connectivity index (χ1) is 7.83. The molecule has 16 heavy (non-hydrogen) atoms. The quantitative estimate of drug-likeness (QED) is 0.851. The van der Waals surface area contributed by atoms with Crippen LogP contribution in [0.4, 0.5) is 0 Å². The summed E-state index contributed by atoms with van der Waals surface area (Å²) in [6.07, 6.45) is 5.77. The summed E-state index contributed by atoms with van der Waals surface area (Å²) in [5, 5.41) is 3.71. The Morgan fingerprint density at radius 3 is 3.19 bits per heavy atom. The van der Waals surface area contributed by atoms with Gasteiger partial charge in [-0.15, -0.1) is 5.10 Å². The lowest BCUT2D eigenvalue weighted by Crippen LogP contribution is -2.44. The number of amides is 1. The highest BCUT2D eigenvalue weighted by Gasteiger charge is 2.27. The van der Waals surface area contributed by atoms with Crippen LogP contribution in [0.2, 0.25) is 0 Å². The molecule has 0 bridgehead atoms. The van der Waals surface area contributed by atoms with Crippen molar-refractivity contribution in [2.75, 3.05) is 13.1 Å². The van der Waals surface area contributed by atoms with Crippen LogP contribution in [0, 0.1) is 0 Å². The Morgan fingerprint density at radius 2 is 2.50 bits per heavy atom. The number of rotatable bonds is 3. The van der Waals surface area contributed by atoms with Gasteiger partial charge in [0.1, 0.15) is 4.88 Å². The van der Waals surface area contributed by atoms with Crippen molar-refractivity contribution in [2.24, 2.45) is 5.73 Å². The molecule has 2 heterocycles. The highest BCUT2D eigenvalue weighted by atomic mass is 32.1. The second-order valence-electron chi connectivity index (χ2n) is 4.01. The molecule has 1 aliphatic heterocycles. The molecule has 0 radical (unpaired) electrons. The highest BCUT2D eigenvalue weighted by Crippen LogP contribution is 2.22. The first kappa shape index (κ1) is 11.5. The van der Waals surface area contributed by atoms with Crippen molar-refractivity contribution in [2.45, 2.75) is 31.7 Å². The molecule has 1 aliphatic rings. The molecule has 1 amide bonds. The van der Waals surface area contributed by atoms with E-state index >= 15 is 0 Å². The molecule has 0 aliphatic carbocycles. The van der Waals surface area contributed by atoms with Gasteiger partial charge in [0.05, 0.1) is 6.20 Å². The van der Waals surface area contributed by atoms with Crippen LogP contribution in [-0.2, 0) is 0 Å².